The first-order valence-corrected chi connectivity index (χ1v) is 6.44. The molecule has 114 valence electrons. The number of amides is 2. The van der Waals surface area contributed by atoms with Crippen molar-refractivity contribution in [2.45, 2.75) is 0 Å². The highest BCUT2D eigenvalue weighted by molar-refractivity contribution is 5.94. The summed E-state index contributed by atoms with van der Waals surface area (Å²) in [7, 11) is 0. The number of H-pyrrole nitrogens is 1. The third kappa shape index (κ3) is 3.98. The van der Waals surface area contributed by atoms with Gasteiger partial charge in [-0.05, 0) is 18.2 Å². The van der Waals surface area contributed by atoms with Crippen LogP contribution < -0.4 is 16.2 Å². The van der Waals surface area contributed by atoms with Gasteiger partial charge in [-0.2, -0.15) is 5.10 Å². The zero-order valence-corrected chi connectivity index (χ0v) is 11.4. The molecular weight excluding hydrogens is 291 g/mol. The van der Waals surface area contributed by atoms with Crippen molar-refractivity contribution in [2.24, 2.45) is 0 Å². The van der Waals surface area contributed by atoms with Crippen LogP contribution in [-0.4, -0.2) is 35.1 Å². The van der Waals surface area contributed by atoms with E-state index >= 15 is 0 Å². The van der Waals surface area contributed by atoms with Crippen molar-refractivity contribution in [3.05, 3.63) is 63.8 Å². The van der Waals surface area contributed by atoms with E-state index in [4.69, 9.17) is 0 Å². The van der Waals surface area contributed by atoms with Gasteiger partial charge in [0.1, 0.15) is 11.5 Å². The molecule has 0 aliphatic rings. The Morgan fingerprint density at radius 2 is 1.73 bits per heavy atom. The van der Waals surface area contributed by atoms with Crippen molar-refractivity contribution < 1.29 is 14.0 Å². The van der Waals surface area contributed by atoms with Gasteiger partial charge in [-0.25, -0.2) is 9.49 Å². The summed E-state index contributed by atoms with van der Waals surface area (Å²) in [5.41, 5.74) is -0.412. The molecule has 0 atom stereocenters. The maximum absolute atomic E-state index is 13.4. The number of benzene rings is 1. The average molecular weight is 304 g/mol. The lowest BCUT2D eigenvalue weighted by Gasteiger charge is -2.07. The van der Waals surface area contributed by atoms with E-state index in [2.05, 4.69) is 20.8 Å². The normalized spacial score (nSPS) is 10.0. The molecule has 0 radical (unpaired) electrons. The molecule has 0 spiro atoms. The number of aromatic amines is 1. The van der Waals surface area contributed by atoms with Gasteiger partial charge in [-0.15, -0.1) is 0 Å². The number of carbonyl (C=O) groups is 2. The van der Waals surface area contributed by atoms with Crippen molar-refractivity contribution in [1.82, 2.24) is 20.8 Å². The Labute approximate surface area is 124 Å². The Balaban J connectivity index is 1.78. The molecule has 0 aliphatic carbocycles. The average Bonchev–Trinajstić information content (AvgIpc) is 2.52. The summed E-state index contributed by atoms with van der Waals surface area (Å²) in [6.07, 6.45) is 0. The molecule has 3 N–H and O–H groups in total. The van der Waals surface area contributed by atoms with E-state index in [9.17, 15) is 18.8 Å². The summed E-state index contributed by atoms with van der Waals surface area (Å²) in [5.74, 6) is -1.66. The highest BCUT2D eigenvalue weighted by Gasteiger charge is 2.10. The zero-order valence-electron chi connectivity index (χ0n) is 11.4. The monoisotopic (exact) mass is 304 g/mol. The summed E-state index contributed by atoms with van der Waals surface area (Å²) in [5, 5.41) is 10.7. The van der Waals surface area contributed by atoms with Crippen LogP contribution in [0.2, 0.25) is 0 Å². The van der Waals surface area contributed by atoms with Gasteiger partial charge in [0.15, 0.2) is 0 Å². The SMILES string of the molecule is O=C(NCCNC(=O)c1ccccc1F)c1ccc(=O)[nH]n1. The minimum Gasteiger partial charge on any atom is -0.350 e. The molecule has 0 aliphatic heterocycles. The van der Waals surface area contributed by atoms with Crippen LogP contribution in [0.5, 0.6) is 0 Å². The Kier molecular flexibility index (Phi) is 4.97. The van der Waals surface area contributed by atoms with Crippen LogP contribution in [0, 0.1) is 5.82 Å². The van der Waals surface area contributed by atoms with Crippen LogP contribution in [-0.2, 0) is 0 Å². The highest BCUT2D eigenvalue weighted by Crippen LogP contribution is 2.05. The van der Waals surface area contributed by atoms with Crippen LogP contribution in [0.25, 0.3) is 0 Å². The predicted octanol–water partition coefficient (Wildman–Crippen LogP) is 0.0688. The maximum atomic E-state index is 13.4. The summed E-state index contributed by atoms with van der Waals surface area (Å²) in [6.45, 7) is 0.266. The molecule has 0 saturated heterocycles. The molecular formula is C14H13FN4O3. The summed E-state index contributed by atoms with van der Waals surface area (Å²) >= 11 is 0. The first-order chi connectivity index (χ1) is 10.6. The van der Waals surface area contributed by atoms with Crippen LogP contribution in [0.15, 0.2) is 41.2 Å². The standard InChI is InChI=1S/C14H13FN4O3/c15-10-4-2-1-3-9(10)13(21)16-7-8-17-14(22)11-5-6-12(20)19-18-11/h1-6H,7-8H2,(H,16,21)(H,17,22)(H,19,20). The first kappa shape index (κ1) is 15.4. The van der Waals surface area contributed by atoms with Gasteiger partial charge in [0.2, 0.25) is 0 Å². The molecule has 1 aromatic heterocycles. The summed E-state index contributed by atoms with van der Waals surface area (Å²) < 4.78 is 13.4. The van der Waals surface area contributed by atoms with Gasteiger partial charge in [0, 0.05) is 19.2 Å². The number of halogens is 1. The van der Waals surface area contributed by atoms with Crippen molar-refractivity contribution in [3.8, 4) is 0 Å². The molecule has 22 heavy (non-hydrogen) atoms. The minimum atomic E-state index is -0.610. The Bertz CT molecular complexity index is 724. The van der Waals surface area contributed by atoms with E-state index in [1.165, 1.54) is 30.3 Å². The second kappa shape index (κ2) is 7.11. The van der Waals surface area contributed by atoms with Gasteiger partial charge in [0.25, 0.3) is 17.4 Å². The second-order valence-corrected chi connectivity index (χ2v) is 4.30. The number of aromatic nitrogens is 2. The van der Waals surface area contributed by atoms with Crippen LogP contribution in [0.4, 0.5) is 4.39 Å². The Hall–Kier alpha value is -3.03. The third-order valence-electron chi connectivity index (χ3n) is 2.73. The van der Waals surface area contributed by atoms with E-state index < -0.39 is 23.2 Å². The van der Waals surface area contributed by atoms with Crippen LogP contribution in [0.3, 0.4) is 0 Å². The lowest BCUT2D eigenvalue weighted by molar-refractivity contribution is 0.0922. The van der Waals surface area contributed by atoms with E-state index in [0.717, 1.165) is 0 Å². The summed E-state index contributed by atoms with van der Waals surface area (Å²) in [4.78, 5) is 34.2. The Morgan fingerprint density at radius 1 is 1.05 bits per heavy atom. The molecule has 2 amide bonds. The smallest absolute Gasteiger partial charge is 0.271 e. The topological polar surface area (TPSA) is 104 Å². The molecule has 0 saturated carbocycles. The minimum absolute atomic E-state index is 0.0556. The second-order valence-electron chi connectivity index (χ2n) is 4.30. The maximum Gasteiger partial charge on any atom is 0.271 e. The van der Waals surface area contributed by atoms with E-state index in [1.54, 1.807) is 6.07 Å². The van der Waals surface area contributed by atoms with Crippen molar-refractivity contribution in [3.63, 3.8) is 0 Å². The van der Waals surface area contributed by atoms with Crippen LogP contribution >= 0.6 is 0 Å². The molecule has 0 unspecified atom stereocenters. The van der Waals surface area contributed by atoms with Gasteiger partial charge in [-0.1, -0.05) is 12.1 Å². The predicted molar refractivity (Wildman–Crippen MR) is 75.9 cm³/mol. The van der Waals surface area contributed by atoms with Gasteiger partial charge < -0.3 is 10.6 Å². The molecule has 8 heteroatoms. The zero-order chi connectivity index (χ0) is 15.9. The van der Waals surface area contributed by atoms with Crippen molar-refractivity contribution in [2.75, 3.05) is 13.1 Å². The first-order valence-electron chi connectivity index (χ1n) is 6.44. The molecule has 0 bridgehead atoms. The lowest BCUT2D eigenvalue weighted by Crippen LogP contribution is -2.35. The van der Waals surface area contributed by atoms with Crippen LogP contribution in [0.1, 0.15) is 20.8 Å². The third-order valence-corrected chi connectivity index (χ3v) is 2.73. The quantitative estimate of drug-likeness (QED) is 0.680. The molecule has 1 aromatic carbocycles. The van der Waals surface area contributed by atoms with Gasteiger partial charge in [-0.3, -0.25) is 14.4 Å². The molecule has 2 rings (SSSR count). The lowest BCUT2D eigenvalue weighted by atomic mass is 10.2. The largest absolute Gasteiger partial charge is 0.350 e. The number of hydrogen-bond acceptors (Lipinski definition) is 4. The van der Waals surface area contributed by atoms with Gasteiger partial charge >= 0.3 is 0 Å². The van der Waals surface area contributed by atoms with E-state index in [1.807, 2.05) is 0 Å². The fourth-order valence-corrected chi connectivity index (χ4v) is 1.65. The fraction of sp³-hybridized carbons (Fsp3) is 0.143. The molecule has 1 heterocycles. The van der Waals surface area contributed by atoms with E-state index in [0.29, 0.717) is 0 Å². The molecule has 2 aromatic rings. The summed E-state index contributed by atoms with van der Waals surface area (Å²) in [6, 6.07) is 8.07. The number of hydrogen-bond donors (Lipinski definition) is 3. The Morgan fingerprint density at radius 3 is 2.36 bits per heavy atom. The number of carbonyl (C=O) groups excluding carboxylic acids is 2. The van der Waals surface area contributed by atoms with Gasteiger partial charge in [0.05, 0.1) is 5.56 Å². The number of nitrogens with zero attached hydrogens (tertiary/aromatic N) is 1. The fourth-order valence-electron chi connectivity index (χ4n) is 1.65. The van der Waals surface area contributed by atoms with Crippen molar-refractivity contribution >= 4 is 11.8 Å². The molecule has 7 nitrogen and oxygen atoms in total. The molecule has 0 fully saturated rings. The van der Waals surface area contributed by atoms with Crippen molar-refractivity contribution in [1.29, 1.82) is 0 Å². The number of rotatable bonds is 5. The number of nitrogens with one attached hydrogen (secondary N) is 3. The van der Waals surface area contributed by atoms with E-state index in [-0.39, 0.29) is 24.3 Å². The highest BCUT2D eigenvalue weighted by atomic mass is 19.1.